The predicted molar refractivity (Wildman–Crippen MR) is 63.5 cm³/mol. The van der Waals surface area contributed by atoms with Crippen molar-refractivity contribution < 1.29 is 9.90 Å². The van der Waals surface area contributed by atoms with E-state index in [4.69, 9.17) is 0 Å². The van der Waals surface area contributed by atoms with Crippen LogP contribution in [0.4, 0.5) is 0 Å². The van der Waals surface area contributed by atoms with Gasteiger partial charge in [0.25, 0.3) is 0 Å². The Kier molecular flexibility index (Phi) is 3.47. The number of likely N-dealkylation sites (tertiary alicyclic amines) is 1. The molecule has 0 spiro atoms. The van der Waals surface area contributed by atoms with Gasteiger partial charge in [0.1, 0.15) is 6.54 Å². The zero-order valence-electron chi connectivity index (χ0n) is 10.4. The van der Waals surface area contributed by atoms with Gasteiger partial charge in [-0.15, -0.1) is 0 Å². The number of carbonyl (C=O) groups is 1. The first-order valence-corrected chi connectivity index (χ1v) is 6.03. The van der Waals surface area contributed by atoms with Crippen LogP contribution in [0.1, 0.15) is 24.2 Å². The number of rotatable bonds is 3. The molecule has 1 fully saturated rings. The van der Waals surface area contributed by atoms with Gasteiger partial charge in [-0.05, 0) is 32.8 Å². The highest BCUT2D eigenvalue weighted by molar-refractivity contribution is 5.76. The SMILES string of the molecule is Cc1cc(C)n(CC(=O)N2CCC[C@@H]2CO)n1. The average molecular weight is 237 g/mol. The fourth-order valence-corrected chi connectivity index (χ4v) is 2.41. The molecule has 2 heterocycles. The zero-order valence-corrected chi connectivity index (χ0v) is 10.4. The van der Waals surface area contributed by atoms with Crippen LogP contribution in [-0.2, 0) is 11.3 Å². The normalized spacial score (nSPS) is 19.9. The van der Waals surface area contributed by atoms with Gasteiger partial charge in [0.05, 0.1) is 18.3 Å². The minimum Gasteiger partial charge on any atom is -0.394 e. The number of aliphatic hydroxyl groups excluding tert-OH is 1. The standard InChI is InChI=1S/C12H19N3O2/c1-9-6-10(2)15(13-9)7-12(17)14-5-3-4-11(14)8-16/h6,11,16H,3-5,7-8H2,1-2H3/t11-/m1/s1. The van der Waals surface area contributed by atoms with Crippen LogP contribution in [-0.4, -0.2) is 44.9 Å². The second-order valence-corrected chi connectivity index (χ2v) is 4.65. The maximum atomic E-state index is 12.1. The van der Waals surface area contributed by atoms with Crippen LogP contribution >= 0.6 is 0 Å². The van der Waals surface area contributed by atoms with Crippen LogP contribution in [0.3, 0.4) is 0 Å². The summed E-state index contributed by atoms with van der Waals surface area (Å²) in [6.07, 6.45) is 1.88. The number of carbonyl (C=O) groups excluding carboxylic acids is 1. The van der Waals surface area contributed by atoms with Gasteiger partial charge in [-0.3, -0.25) is 9.48 Å². The molecule has 1 saturated heterocycles. The lowest BCUT2D eigenvalue weighted by Crippen LogP contribution is -2.39. The predicted octanol–water partition coefficient (Wildman–Crippen LogP) is 0.483. The molecule has 1 atom stereocenters. The molecule has 1 N–H and O–H groups in total. The molecule has 0 saturated carbocycles. The van der Waals surface area contributed by atoms with Gasteiger partial charge in [-0.1, -0.05) is 0 Å². The highest BCUT2D eigenvalue weighted by Gasteiger charge is 2.28. The average Bonchev–Trinajstić information content (AvgIpc) is 2.85. The van der Waals surface area contributed by atoms with E-state index >= 15 is 0 Å². The maximum Gasteiger partial charge on any atom is 0.244 e. The van der Waals surface area contributed by atoms with Crippen molar-refractivity contribution in [2.75, 3.05) is 13.2 Å². The molecule has 1 amide bonds. The summed E-state index contributed by atoms with van der Waals surface area (Å²) in [7, 11) is 0. The van der Waals surface area contributed by atoms with Crippen molar-refractivity contribution in [1.29, 1.82) is 0 Å². The van der Waals surface area contributed by atoms with E-state index < -0.39 is 0 Å². The summed E-state index contributed by atoms with van der Waals surface area (Å²) in [4.78, 5) is 13.9. The fourth-order valence-electron chi connectivity index (χ4n) is 2.41. The lowest BCUT2D eigenvalue weighted by molar-refractivity contribution is -0.133. The minimum absolute atomic E-state index is 0.000495. The molecule has 2 rings (SSSR count). The van der Waals surface area contributed by atoms with Crippen LogP contribution < -0.4 is 0 Å². The van der Waals surface area contributed by atoms with Gasteiger partial charge in [-0.25, -0.2) is 0 Å². The smallest absolute Gasteiger partial charge is 0.244 e. The Morgan fingerprint density at radius 3 is 2.94 bits per heavy atom. The first kappa shape index (κ1) is 12.1. The Bertz CT molecular complexity index is 414. The number of aliphatic hydroxyl groups is 1. The largest absolute Gasteiger partial charge is 0.394 e. The van der Waals surface area contributed by atoms with E-state index in [1.54, 1.807) is 9.58 Å². The van der Waals surface area contributed by atoms with E-state index in [-0.39, 0.29) is 25.1 Å². The van der Waals surface area contributed by atoms with Crippen molar-refractivity contribution in [3.8, 4) is 0 Å². The van der Waals surface area contributed by atoms with Crippen LogP contribution in [0, 0.1) is 13.8 Å². The summed E-state index contributed by atoms with van der Waals surface area (Å²) in [6, 6.07) is 1.96. The van der Waals surface area contributed by atoms with Crippen molar-refractivity contribution >= 4 is 5.91 Å². The molecule has 5 nitrogen and oxygen atoms in total. The van der Waals surface area contributed by atoms with Crippen molar-refractivity contribution in [2.24, 2.45) is 0 Å². The maximum absolute atomic E-state index is 12.1. The molecule has 1 aliphatic heterocycles. The van der Waals surface area contributed by atoms with Gasteiger partial charge < -0.3 is 10.0 Å². The Labute approximate surface area is 101 Å². The molecule has 1 aromatic rings. The second kappa shape index (κ2) is 4.87. The molecule has 0 aromatic carbocycles. The minimum atomic E-state index is -0.000495. The van der Waals surface area contributed by atoms with Crippen molar-refractivity contribution in [1.82, 2.24) is 14.7 Å². The molecule has 1 aromatic heterocycles. The van der Waals surface area contributed by atoms with E-state index in [0.29, 0.717) is 0 Å². The summed E-state index contributed by atoms with van der Waals surface area (Å²) in [5.74, 6) is 0.0488. The Morgan fingerprint density at radius 1 is 1.59 bits per heavy atom. The molecule has 94 valence electrons. The summed E-state index contributed by atoms with van der Waals surface area (Å²) < 4.78 is 1.73. The van der Waals surface area contributed by atoms with E-state index in [1.807, 2.05) is 19.9 Å². The molecule has 0 radical (unpaired) electrons. The topological polar surface area (TPSA) is 58.4 Å². The lowest BCUT2D eigenvalue weighted by Gasteiger charge is -2.23. The summed E-state index contributed by atoms with van der Waals surface area (Å²) >= 11 is 0. The van der Waals surface area contributed by atoms with Crippen molar-refractivity contribution in [3.05, 3.63) is 17.5 Å². The van der Waals surface area contributed by atoms with Gasteiger partial charge >= 0.3 is 0 Å². The van der Waals surface area contributed by atoms with Gasteiger partial charge in [0, 0.05) is 12.2 Å². The molecule has 0 unspecified atom stereocenters. The molecular weight excluding hydrogens is 218 g/mol. The zero-order chi connectivity index (χ0) is 12.4. The van der Waals surface area contributed by atoms with Crippen molar-refractivity contribution in [3.63, 3.8) is 0 Å². The van der Waals surface area contributed by atoms with Gasteiger partial charge in [-0.2, -0.15) is 5.10 Å². The summed E-state index contributed by atoms with van der Waals surface area (Å²) in [5, 5.41) is 13.5. The number of hydrogen-bond acceptors (Lipinski definition) is 3. The van der Waals surface area contributed by atoms with Gasteiger partial charge in [0.2, 0.25) is 5.91 Å². The number of amides is 1. The third-order valence-corrected chi connectivity index (χ3v) is 3.30. The molecule has 17 heavy (non-hydrogen) atoms. The molecular formula is C12H19N3O2. The van der Waals surface area contributed by atoms with Crippen LogP contribution in [0.2, 0.25) is 0 Å². The number of nitrogens with zero attached hydrogens (tertiary/aromatic N) is 3. The highest BCUT2D eigenvalue weighted by atomic mass is 16.3. The number of aryl methyl sites for hydroxylation is 2. The van der Waals surface area contributed by atoms with E-state index in [2.05, 4.69) is 5.10 Å². The highest BCUT2D eigenvalue weighted by Crippen LogP contribution is 2.17. The van der Waals surface area contributed by atoms with Crippen molar-refractivity contribution in [2.45, 2.75) is 39.3 Å². The van der Waals surface area contributed by atoms with Crippen LogP contribution in [0.15, 0.2) is 6.07 Å². The molecule has 5 heteroatoms. The van der Waals surface area contributed by atoms with Crippen LogP contribution in [0.25, 0.3) is 0 Å². The van der Waals surface area contributed by atoms with Gasteiger partial charge in [0.15, 0.2) is 0 Å². The third-order valence-electron chi connectivity index (χ3n) is 3.30. The van der Waals surface area contributed by atoms with E-state index in [1.165, 1.54) is 0 Å². The summed E-state index contributed by atoms with van der Waals surface area (Å²) in [5.41, 5.74) is 1.92. The fraction of sp³-hybridized carbons (Fsp3) is 0.667. The molecule has 0 bridgehead atoms. The van der Waals surface area contributed by atoms with Crippen LogP contribution in [0.5, 0.6) is 0 Å². The number of aromatic nitrogens is 2. The molecule has 0 aliphatic carbocycles. The molecule has 1 aliphatic rings. The van der Waals surface area contributed by atoms with E-state index in [9.17, 15) is 9.90 Å². The Morgan fingerprint density at radius 2 is 2.35 bits per heavy atom. The third kappa shape index (κ3) is 2.49. The monoisotopic (exact) mass is 237 g/mol. The summed E-state index contributed by atoms with van der Waals surface area (Å²) in [6.45, 7) is 4.95. The second-order valence-electron chi connectivity index (χ2n) is 4.65. The first-order chi connectivity index (χ1) is 8.11. The Hall–Kier alpha value is -1.36. The Balaban J connectivity index is 2.04. The first-order valence-electron chi connectivity index (χ1n) is 6.03. The van der Waals surface area contributed by atoms with E-state index in [0.717, 1.165) is 30.8 Å². The quantitative estimate of drug-likeness (QED) is 0.832. The number of hydrogen-bond donors (Lipinski definition) is 1. The lowest BCUT2D eigenvalue weighted by atomic mass is 10.2.